The summed E-state index contributed by atoms with van der Waals surface area (Å²) in [4.78, 5) is 2.67. The van der Waals surface area contributed by atoms with E-state index in [1.807, 2.05) is 6.26 Å². The summed E-state index contributed by atoms with van der Waals surface area (Å²) < 4.78 is 5.94. The number of benzene rings is 3. The first kappa shape index (κ1) is 20.4. The predicted octanol–water partition coefficient (Wildman–Crippen LogP) is 7.06. The summed E-state index contributed by atoms with van der Waals surface area (Å²) in [5, 5.41) is 5.23. The van der Waals surface area contributed by atoms with Crippen LogP contribution in [0.15, 0.2) is 113 Å². The Morgan fingerprint density at radius 1 is 0.917 bits per heavy atom. The Labute approximate surface area is 211 Å². The molecule has 1 saturated heterocycles. The molecular weight excluding hydrogens is 440 g/mol. The van der Waals surface area contributed by atoms with Crippen LogP contribution in [0.4, 0.5) is 0 Å². The van der Waals surface area contributed by atoms with E-state index >= 15 is 0 Å². The number of hydrogen-bond donors (Lipinski definition) is 1. The van der Waals surface area contributed by atoms with Crippen molar-refractivity contribution in [2.24, 2.45) is 5.41 Å². The zero-order valence-corrected chi connectivity index (χ0v) is 20.5. The maximum atomic E-state index is 5.94. The molecule has 0 saturated carbocycles. The smallest absolute Gasteiger partial charge is 0.134 e. The average molecular weight is 469 g/mol. The highest BCUT2D eigenvalue weighted by Gasteiger charge is 2.71. The molecule has 0 radical (unpaired) electrons. The second-order valence-corrected chi connectivity index (χ2v) is 11.1. The van der Waals surface area contributed by atoms with Crippen molar-refractivity contribution in [2.75, 3.05) is 6.54 Å². The molecule has 1 N–H and O–H groups in total. The molecule has 4 aliphatic rings. The van der Waals surface area contributed by atoms with Gasteiger partial charge in [0.05, 0.1) is 17.8 Å². The van der Waals surface area contributed by atoms with E-state index in [2.05, 4.69) is 121 Å². The van der Waals surface area contributed by atoms with Gasteiger partial charge in [-0.2, -0.15) is 0 Å². The molecule has 1 aliphatic carbocycles. The first-order valence-electron chi connectivity index (χ1n) is 12.9. The maximum Gasteiger partial charge on any atom is 0.134 e. The van der Waals surface area contributed by atoms with Gasteiger partial charge in [0, 0.05) is 34.6 Å². The highest BCUT2D eigenvalue weighted by molar-refractivity contribution is 6.01. The number of dihydropyridines is 1. The Balaban J connectivity index is 1.48. The Hall–Kier alpha value is -3.82. The maximum absolute atomic E-state index is 5.94. The van der Waals surface area contributed by atoms with Gasteiger partial charge < -0.3 is 9.73 Å². The number of nitrogens with zero attached hydrogens (tertiary/aromatic N) is 1. The van der Waals surface area contributed by atoms with Crippen LogP contribution < -0.4 is 5.32 Å². The highest BCUT2D eigenvalue weighted by atomic mass is 16.3. The van der Waals surface area contributed by atoms with E-state index in [1.54, 1.807) is 0 Å². The summed E-state index contributed by atoms with van der Waals surface area (Å²) in [6, 6.07) is 28.8. The van der Waals surface area contributed by atoms with Crippen molar-refractivity contribution >= 4 is 22.2 Å². The quantitative estimate of drug-likeness (QED) is 0.252. The summed E-state index contributed by atoms with van der Waals surface area (Å²) in [6.45, 7) is 5.89. The molecule has 8 rings (SSSR count). The van der Waals surface area contributed by atoms with Crippen LogP contribution in [0.5, 0.6) is 0 Å². The van der Waals surface area contributed by atoms with E-state index in [-0.39, 0.29) is 17.0 Å². The highest BCUT2D eigenvalue weighted by Crippen LogP contribution is 2.67. The van der Waals surface area contributed by atoms with Crippen molar-refractivity contribution in [1.82, 2.24) is 10.2 Å². The van der Waals surface area contributed by atoms with Gasteiger partial charge in [-0.05, 0) is 46.0 Å². The van der Waals surface area contributed by atoms with Gasteiger partial charge >= 0.3 is 0 Å². The molecule has 0 bridgehead atoms. The minimum atomic E-state index is -0.0779. The lowest BCUT2D eigenvalue weighted by Crippen LogP contribution is -2.33. The first-order valence-corrected chi connectivity index (χ1v) is 12.9. The van der Waals surface area contributed by atoms with Crippen molar-refractivity contribution in [3.05, 3.63) is 131 Å². The summed E-state index contributed by atoms with van der Waals surface area (Å²) in [6.07, 6.45) is 9.08. The predicted molar refractivity (Wildman–Crippen MR) is 145 cm³/mol. The van der Waals surface area contributed by atoms with E-state index in [0.29, 0.717) is 6.04 Å². The van der Waals surface area contributed by atoms with Gasteiger partial charge in [0.1, 0.15) is 5.58 Å². The molecule has 1 aromatic heterocycles. The monoisotopic (exact) mass is 468 g/mol. The van der Waals surface area contributed by atoms with Gasteiger partial charge in [-0.25, -0.2) is 0 Å². The fourth-order valence-corrected chi connectivity index (χ4v) is 7.48. The Morgan fingerprint density at radius 3 is 2.50 bits per heavy atom. The second-order valence-electron chi connectivity index (χ2n) is 11.1. The lowest BCUT2D eigenvalue weighted by atomic mass is 9.70. The molecule has 3 aromatic carbocycles. The fourth-order valence-electron chi connectivity index (χ4n) is 7.48. The van der Waals surface area contributed by atoms with Crippen molar-refractivity contribution < 1.29 is 4.42 Å². The third-order valence-electron chi connectivity index (χ3n) is 8.85. The van der Waals surface area contributed by atoms with Crippen LogP contribution in [-0.2, 0) is 5.54 Å². The minimum Gasteiger partial charge on any atom is -0.464 e. The molecule has 176 valence electrons. The van der Waals surface area contributed by atoms with Crippen LogP contribution in [0.1, 0.15) is 42.1 Å². The second kappa shape index (κ2) is 6.89. The fraction of sp³-hybridized carbons (Fsp3) is 0.212. The molecule has 4 aromatic rings. The van der Waals surface area contributed by atoms with Gasteiger partial charge in [0.2, 0.25) is 0 Å². The molecule has 1 fully saturated rings. The van der Waals surface area contributed by atoms with Crippen molar-refractivity contribution in [3.63, 3.8) is 0 Å². The van der Waals surface area contributed by atoms with Crippen LogP contribution >= 0.6 is 0 Å². The number of furan rings is 1. The number of nitrogens with one attached hydrogen (secondary N) is 1. The van der Waals surface area contributed by atoms with Crippen LogP contribution in [0.25, 0.3) is 22.2 Å². The third-order valence-corrected chi connectivity index (χ3v) is 8.85. The number of allylic oxidation sites excluding steroid dienone is 1. The van der Waals surface area contributed by atoms with Crippen molar-refractivity contribution in [2.45, 2.75) is 31.5 Å². The molecule has 3 unspecified atom stereocenters. The number of rotatable bonds is 2. The van der Waals surface area contributed by atoms with E-state index in [0.717, 1.165) is 12.1 Å². The summed E-state index contributed by atoms with van der Waals surface area (Å²) in [5.74, 6) is 0. The standard InChI is InChI=1S/C33H28N2O/c1-32(2)29-24(21-10-5-3-6-11-21)20-26(22-12-7-4-8-13-22)34-30(29)28-23-16-19-36-27(23)15-14-25(28)33-17-9-18-35(33)31(32)33/h3-17,19-20,26,31,34H,18H2,1-2H3/t26?,31?,33?,35-/m0/s1. The SMILES string of the molecule is CC1(C)C2=C(NC(c3ccccc3)C=C2c2ccccc2)c2c(ccc3occc23)C23C=CC[N@@]2C13. The minimum absolute atomic E-state index is 0.0621. The largest absolute Gasteiger partial charge is 0.464 e. The summed E-state index contributed by atoms with van der Waals surface area (Å²) in [5.41, 5.74) is 10.0. The van der Waals surface area contributed by atoms with E-state index in [4.69, 9.17) is 4.42 Å². The first-order chi connectivity index (χ1) is 17.6. The molecule has 36 heavy (non-hydrogen) atoms. The Kier molecular flexibility index (Phi) is 3.90. The van der Waals surface area contributed by atoms with Gasteiger partial charge in [0.25, 0.3) is 0 Å². The van der Waals surface area contributed by atoms with Gasteiger partial charge in [-0.15, -0.1) is 0 Å². The zero-order chi connectivity index (χ0) is 24.1. The van der Waals surface area contributed by atoms with Crippen LogP contribution in [0.2, 0.25) is 0 Å². The molecule has 0 amide bonds. The molecule has 3 nitrogen and oxygen atoms in total. The third kappa shape index (κ3) is 2.46. The zero-order valence-electron chi connectivity index (χ0n) is 20.5. The number of fused-ring (bicyclic) bond motifs is 5. The molecule has 4 atom stereocenters. The summed E-state index contributed by atoms with van der Waals surface area (Å²) in [7, 11) is 0. The van der Waals surface area contributed by atoms with Gasteiger partial charge in [-0.3, -0.25) is 4.90 Å². The van der Waals surface area contributed by atoms with E-state index < -0.39 is 0 Å². The molecule has 1 spiro atoms. The van der Waals surface area contributed by atoms with Gasteiger partial charge in [-0.1, -0.05) is 92.7 Å². The normalized spacial score (nSPS) is 28.9. The Bertz CT molecular complexity index is 1620. The van der Waals surface area contributed by atoms with E-state index in [1.165, 1.54) is 44.5 Å². The van der Waals surface area contributed by atoms with E-state index in [9.17, 15) is 0 Å². The molecular formula is C33H28N2O. The Morgan fingerprint density at radius 2 is 1.69 bits per heavy atom. The van der Waals surface area contributed by atoms with Crippen LogP contribution in [0.3, 0.4) is 0 Å². The number of hydrogen-bond acceptors (Lipinski definition) is 3. The lowest BCUT2D eigenvalue weighted by Gasteiger charge is -2.38. The lowest BCUT2D eigenvalue weighted by molar-refractivity contribution is 0.371. The summed E-state index contributed by atoms with van der Waals surface area (Å²) >= 11 is 0. The average Bonchev–Trinajstić information content (AvgIpc) is 3.21. The molecule has 3 heteroatoms. The van der Waals surface area contributed by atoms with Crippen LogP contribution in [-0.4, -0.2) is 17.5 Å². The topological polar surface area (TPSA) is 28.2 Å². The molecule has 4 heterocycles. The van der Waals surface area contributed by atoms with Gasteiger partial charge in [0.15, 0.2) is 0 Å². The van der Waals surface area contributed by atoms with Crippen LogP contribution in [0, 0.1) is 5.41 Å². The van der Waals surface area contributed by atoms with Crippen molar-refractivity contribution in [3.8, 4) is 0 Å². The van der Waals surface area contributed by atoms with Crippen molar-refractivity contribution in [1.29, 1.82) is 0 Å². The molecule has 3 aliphatic heterocycles.